The van der Waals surface area contributed by atoms with Crippen molar-refractivity contribution < 1.29 is 0 Å². The van der Waals surface area contributed by atoms with E-state index in [9.17, 15) is 0 Å². The van der Waals surface area contributed by atoms with Crippen LogP contribution in [0, 0.1) is 6.92 Å². The van der Waals surface area contributed by atoms with Gasteiger partial charge in [0.1, 0.15) is 0 Å². The lowest BCUT2D eigenvalue weighted by molar-refractivity contribution is 0.0934. The van der Waals surface area contributed by atoms with Gasteiger partial charge in [-0.15, -0.1) is 0 Å². The number of hydrogen-bond acceptors (Lipinski definition) is 2. The van der Waals surface area contributed by atoms with Gasteiger partial charge < -0.3 is 10.6 Å². The monoisotopic (exact) mass is 246 g/mol. The highest BCUT2D eigenvalue weighted by Crippen LogP contribution is 2.34. The van der Waals surface area contributed by atoms with E-state index in [1.807, 2.05) is 0 Å². The summed E-state index contributed by atoms with van der Waals surface area (Å²) < 4.78 is 0. The van der Waals surface area contributed by atoms with Crippen molar-refractivity contribution >= 4 is 0 Å². The number of likely N-dealkylation sites (N-methyl/N-ethyl adjacent to an activating group) is 1. The van der Waals surface area contributed by atoms with Crippen LogP contribution < -0.4 is 5.73 Å². The number of nitrogens with two attached hydrogens (primary N) is 1. The van der Waals surface area contributed by atoms with Gasteiger partial charge in [0, 0.05) is 11.6 Å². The molecule has 1 aliphatic carbocycles. The van der Waals surface area contributed by atoms with Crippen molar-refractivity contribution in [1.29, 1.82) is 0 Å². The number of rotatable bonds is 3. The molecule has 0 heterocycles. The van der Waals surface area contributed by atoms with Crippen molar-refractivity contribution in [2.24, 2.45) is 5.73 Å². The molecule has 2 heteroatoms. The molecular formula is C16H26N2. The third kappa shape index (κ3) is 2.93. The molecule has 0 amide bonds. The summed E-state index contributed by atoms with van der Waals surface area (Å²) in [6.07, 6.45) is 5.90. The Balaban J connectivity index is 2.16. The van der Waals surface area contributed by atoms with E-state index in [0.717, 1.165) is 19.3 Å². The third-order valence-electron chi connectivity index (χ3n) is 4.53. The average Bonchev–Trinajstić information content (AvgIpc) is 2.32. The summed E-state index contributed by atoms with van der Waals surface area (Å²) in [5.41, 5.74) is 9.18. The number of hydrogen-bond donors (Lipinski definition) is 1. The molecule has 0 aromatic heterocycles. The minimum Gasteiger partial charge on any atom is -0.328 e. The summed E-state index contributed by atoms with van der Waals surface area (Å²) in [5.74, 6) is 0. The zero-order valence-electron chi connectivity index (χ0n) is 11.9. The molecule has 0 spiro atoms. The molecule has 0 bridgehead atoms. The topological polar surface area (TPSA) is 29.3 Å². The molecule has 2 nitrogen and oxygen atoms in total. The largest absolute Gasteiger partial charge is 0.328 e. The summed E-state index contributed by atoms with van der Waals surface area (Å²) in [6.45, 7) is 2.17. The molecular weight excluding hydrogens is 220 g/mol. The van der Waals surface area contributed by atoms with Crippen LogP contribution in [0.3, 0.4) is 0 Å². The third-order valence-corrected chi connectivity index (χ3v) is 4.53. The molecule has 18 heavy (non-hydrogen) atoms. The van der Waals surface area contributed by atoms with Crippen molar-refractivity contribution in [3.63, 3.8) is 0 Å². The summed E-state index contributed by atoms with van der Waals surface area (Å²) in [7, 11) is 4.43. The summed E-state index contributed by atoms with van der Waals surface area (Å²) >= 11 is 0. The molecule has 1 fully saturated rings. The van der Waals surface area contributed by atoms with Crippen molar-refractivity contribution in [3.05, 3.63) is 35.4 Å². The standard InChI is InChI=1S/C16H26N2/c1-13-5-4-6-14(11-13)12-16(18(2)3)9-7-15(17)8-10-16/h4-6,11,15H,7-10,12,17H2,1-3H3. The second kappa shape index (κ2) is 5.41. The fourth-order valence-electron chi connectivity index (χ4n) is 3.16. The van der Waals surface area contributed by atoms with Crippen LogP contribution in [0.1, 0.15) is 36.8 Å². The van der Waals surface area contributed by atoms with Gasteiger partial charge in [-0.2, -0.15) is 0 Å². The van der Waals surface area contributed by atoms with Crippen LogP contribution in [-0.2, 0) is 6.42 Å². The maximum absolute atomic E-state index is 6.05. The summed E-state index contributed by atoms with van der Waals surface area (Å²) in [5, 5.41) is 0. The van der Waals surface area contributed by atoms with Gasteiger partial charge in [-0.1, -0.05) is 29.8 Å². The first kappa shape index (κ1) is 13.6. The fraction of sp³-hybridized carbons (Fsp3) is 0.625. The Bertz CT molecular complexity index is 390. The lowest BCUT2D eigenvalue weighted by Gasteiger charge is -2.45. The second-order valence-corrected chi connectivity index (χ2v) is 6.12. The van der Waals surface area contributed by atoms with E-state index in [4.69, 9.17) is 5.73 Å². The van der Waals surface area contributed by atoms with Crippen molar-refractivity contribution in [2.75, 3.05) is 14.1 Å². The van der Waals surface area contributed by atoms with Crippen LogP contribution in [-0.4, -0.2) is 30.6 Å². The summed E-state index contributed by atoms with van der Waals surface area (Å²) in [6, 6.07) is 9.33. The number of benzene rings is 1. The van der Waals surface area contributed by atoms with E-state index in [0.29, 0.717) is 11.6 Å². The van der Waals surface area contributed by atoms with Crippen LogP contribution in [0.4, 0.5) is 0 Å². The molecule has 1 aliphatic rings. The van der Waals surface area contributed by atoms with Gasteiger partial charge in [0.2, 0.25) is 0 Å². The van der Waals surface area contributed by atoms with Crippen LogP contribution in [0.2, 0.25) is 0 Å². The molecule has 2 rings (SSSR count). The highest BCUT2D eigenvalue weighted by molar-refractivity contribution is 5.24. The fourth-order valence-corrected chi connectivity index (χ4v) is 3.16. The smallest absolute Gasteiger partial charge is 0.0244 e. The molecule has 1 saturated carbocycles. The lowest BCUT2D eigenvalue weighted by atomic mass is 9.75. The first-order valence-corrected chi connectivity index (χ1v) is 7.00. The second-order valence-electron chi connectivity index (χ2n) is 6.12. The molecule has 100 valence electrons. The van der Waals surface area contributed by atoms with Gasteiger partial charge in [0.15, 0.2) is 0 Å². The van der Waals surface area contributed by atoms with E-state index < -0.39 is 0 Å². The Kier molecular flexibility index (Phi) is 4.08. The van der Waals surface area contributed by atoms with Crippen LogP contribution in [0.5, 0.6) is 0 Å². The SMILES string of the molecule is Cc1cccc(CC2(N(C)C)CCC(N)CC2)c1. The highest BCUT2D eigenvalue weighted by atomic mass is 15.1. The predicted octanol–water partition coefficient (Wildman–Crippen LogP) is 2.74. The van der Waals surface area contributed by atoms with Crippen LogP contribution in [0.25, 0.3) is 0 Å². The van der Waals surface area contributed by atoms with Crippen LogP contribution in [0.15, 0.2) is 24.3 Å². The molecule has 2 N–H and O–H groups in total. The van der Waals surface area contributed by atoms with Crippen LogP contribution >= 0.6 is 0 Å². The zero-order chi connectivity index (χ0) is 13.2. The van der Waals surface area contributed by atoms with Gasteiger partial charge in [-0.05, 0) is 58.7 Å². The molecule has 0 unspecified atom stereocenters. The Labute approximate surface area is 111 Å². The highest BCUT2D eigenvalue weighted by Gasteiger charge is 2.36. The maximum Gasteiger partial charge on any atom is 0.0244 e. The molecule has 0 atom stereocenters. The van der Waals surface area contributed by atoms with E-state index in [-0.39, 0.29) is 0 Å². The van der Waals surface area contributed by atoms with E-state index in [2.05, 4.69) is 50.2 Å². The maximum atomic E-state index is 6.05. The Morgan fingerprint density at radius 2 is 1.94 bits per heavy atom. The molecule has 0 aliphatic heterocycles. The predicted molar refractivity (Wildman–Crippen MR) is 77.7 cm³/mol. The lowest BCUT2D eigenvalue weighted by Crippen LogP contribution is -2.50. The molecule has 0 saturated heterocycles. The Morgan fingerprint density at radius 3 is 2.50 bits per heavy atom. The first-order valence-electron chi connectivity index (χ1n) is 7.00. The minimum atomic E-state index is 0.309. The van der Waals surface area contributed by atoms with Crippen molar-refractivity contribution in [2.45, 2.75) is 50.6 Å². The van der Waals surface area contributed by atoms with E-state index >= 15 is 0 Å². The van der Waals surface area contributed by atoms with Gasteiger partial charge in [0.25, 0.3) is 0 Å². The van der Waals surface area contributed by atoms with Gasteiger partial charge >= 0.3 is 0 Å². The van der Waals surface area contributed by atoms with Gasteiger partial charge in [0.05, 0.1) is 0 Å². The first-order chi connectivity index (χ1) is 8.52. The molecule has 0 radical (unpaired) electrons. The Hall–Kier alpha value is -0.860. The van der Waals surface area contributed by atoms with E-state index in [1.165, 1.54) is 24.0 Å². The number of nitrogens with zero attached hydrogens (tertiary/aromatic N) is 1. The number of aryl methyl sites for hydroxylation is 1. The minimum absolute atomic E-state index is 0.309. The van der Waals surface area contributed by atoms with Crippen molar-refractivity contribution in [3.8, 4) is 0 Å². The van der Waals surface area contributed by atoms with Crippen molar-refractivity contribution in [1.82, 2.24) is 4.90 Å². The quantitative estimate of drug-likeness (QED) is 0.888. The molecule has 1 aromatic carbocycles. The van der Waals surface area contributed by atoms with E-state index in [1.54, 1.807) is 0 Å². The van der Waals surface area contributed by atoms with Gasteiger partial charge in [-0.25, -0.2) is 0 Å². The summed E-state index contributed by atoms with van der Waals surface area (Å²) in [4.78, 5) is 2.42. The zero-order valence-corrected chi connectivity index (χ0v) is 11.9. The molecule has 1 aromatic rings. The normalized spacial score (nSPS) is 28.6. The average molecular weight is 246 g/mol. The Morgan fingerprint density at radius 1 is 1.28 bits per heavy atom. The van der Waals surface area contributed by atoms with Gasteiger partial charge in [-0.3, -0.25) is 0 Å².